The Balaban J connectivity index is 2.24. The zero-order valence-electron chi connectivity index (χ0n) is 8.17. The van der Waals surface area contributed by atoms with Gasteiger partial charge < -0.3 is 14.9 Å². The van der Waals surface area contributed by atoms with Crippen LogP contribution in [0.1, 0.15) is 12.8 Å². The molecule has 15 heavy (non-hydrogen) atoms. The molecule has 1 aliphatic carbocycles. The standard InChI is InChI=1S/C9H10N2O3S/c1-15-8-4-7(14-6-2-3-6)5-10-9(8)11(12)13/h4-6H,2-3H2,1H3. The van der Waals surface area contributed by atoms with Crippen molar-refractivity contribution in [1.82, 2.24) is 4.98 Å². The minimum atomic E-state index is -0.479. The van der Waals surface area contributed by atoms with Crippen molar-refractivity contribution in [3.8, 4) is 5.75 Å². The number of aromatic nitrogens is 1. The first-order chi connectivity index (χ1) is 7.20. The van der Waals surface area contributed by atoms with Crippen molar-refractivity contribution >= 4 is 17.6 Å². The molecule has 0 bridgehead atoms. The summed E-state index contributed by atoms with van der Waals surface area (Å²) in [5.74, 6) is 0.512. The average Bonchev–Trinajstić information content (AvgIpc) is 3.01. The van der Waals surface area contributed by atoms with Gasteiger partial charge >= 0.3 is 5.82 Å². The fraction of sp³-hybridized carbons (Fsp3) is 0.444. The van der Waals surface area contributed by atoms with Crippen LogP contribution in [0.15, 0.2) is 17.2 Å². The quantitative estimate of drug-likeness (QED) is 0.447. The summed E-state index contributed by atoms with van der Waals surface area (Å²) in [4.78, 5) is 14.5. The summed E-state index contributed by atoms with van der Waals surface area (Å²) in [5, 5.41) is 10.6. The molecular weight excluding hydrogens is 216 g/mol. The molecule has 0 saturated heterocycles. The maximum Gasteiger partial charge on any atom is 0.377 e. The molecule has 1 heterocycles. The lowest BCUT2D eigenvalue weighted by atomic mass is 10.4. The third kappa shape index (κ3) is 2.38. The van der Waals surface area contributed by atoms with Crippen LogP contribution in [0, 0.1) is 10.1 Å². The van der Waals surface area contributed by atoms with Gasteiger partial charge in [-0.25, -0.2) is 0 Å². The van der Waals surface area contributed by atoms with Crippen molar-refractivity contribution < 1.29 is 9.66 Å². The average molecular weight is 226 g/mol. The van der Waals surface area contributed by atoms with Crippen molar-refractivity contribution in [2.75, 3.05) is 6.26 Å². The smallest absolute Gasteiger partial charge is 0.377 e. The minimum Gasteiger partial charge on any atom is -0.486 e. The van der Waals surface area contributed by atoms with Gasteiger partial charge in [0.05, 0.1) is 6.10 Å². The first-order valence-corrected chi connectivity index (χ1v) is 5.78. The van der Waals surface area contributed by atoms with E-state index in [1.165, 1.54) is 18.0 Å². The van der Waals surface area contributed by atoms with Gasteiger partial charge in [-0.3, -0.25) is 0 Å². The summed E-state index contributed by atoms with van der Waals surface area (Å²) in [7, 11) is 0. The molecule has 1 aliphatic rings. The van der Waals surface area contributed by atoms with Crippen LogP contribution >= 0.6 is 11.8 Å². The molecule has 1 saturated carbocycles. The SMILES string of the molecule is CSc1cc(OC2CC2)cnc1[N+](=O)[O-]. The van der Waals surface area contributed by atoms with Gasteiger partial charge in [0.15, 0.2) is 11.9 Å². The highest BCUT2D eigenvalue weighted by molar-refractivity contribution is 7.98. The Morgan fingerprint density at radius 2 is 2.40 bits per heavy atom. The zero-order valence-corrected chi connectivity index (χ0v) is 8.99. The summed E-state index contributed by atoms with van der Waals surface area (Å²) in [6, 6.07) is 1.67. The highest BCUT2D eigenvalue weighted by Gasteiger charge is 2.25. The van der Waals surface area contributed by atoms with Crippen LogP contribution in [-0.4, -0.2) is 22.3 Å². The second-order valence-electron chi connectivity index (χ2n) is 3.27. The van der Waals surface area contributed by atoms with Gasteiger partial charge in [-0.15, -0.1) is 11.8 Å². The van der Waals surface area contributed by atoms with E-state index < -0.39 is 4.92 Å². The van der Waals surface area contributed by atoms with E-state index in [1.807, 2.05) is 0 Å². The molecule has 1 aromatic rings. The van der Waals surface area contributed by atoms with Crippen LogP contribution < -0.4 is 4.74 Å². The summed E-state index contributed by atoms with van der Waals surface area (Å²) >= 11 is 1.30. The van der Waals surface area contributed by atoms with Gasteiger partial charge in [-0.2, -0.15) is 0 Å². The van der Waals surface area contributed by atoms with Crippen LogP contribution in [0.25, 0.3) is 0 Å². The van der Waals surface area contributed by atoms with E-state index in [0.717, 1.165) is 12.8 Å². The molecule has 80 valence electrons. The molecule has 1 fully saturated rings. The van der Waals surface area contributed by atoms with E-state index in [0.29, 0.717) is 10.6 Å². The molecule has 1 aromatic heterocycles. The van der Waals surface area contributed by atoms with E-state index in [4.69, 9.17) is 4.74 Å². The molecule has 0 radical (unpaired) electrons. The van der Waals surface area contributed by atoms with Crippen LogP contribution in [0.4, 0.5) is 5.82 Å². The lowest BCUT2D eigenvalue weighted by molar-refractivity contribution is -0.392. The van der Waals surface area contributed by atoms with Gasteiger partial charge in [-0.05, 0) is 29.0 Å². The number of pyridine rings is 1. The number of rotatable bonds is 4. The number of ether oxygens (including phenoxy) is 1. The predicted octanol–water partition coefficient (Wildman–Crippen LogP) is 2.25. The van der Waals surface area contributed by atoms with Crippen molar-refractivity contribution in [3.05, 3.63) is 22.4 Å². The first kappa shape index (κ1) is 10.2. The topological polar surface area (TPSA) is 65.3 Å². The van der Waals surface area contributed by atoms with Crippen molar-refractivity contribution in [2.45, 2.75) is 23.8 Å². The molecule has 0 N–H and O–H groups in total. The van der Waals surface area contributed by atoms with Gasteiger partial charge in [0.1, 0.15) is 4.90 Å². The van der Waals surface area contributed by atoms with E-state index in [1.54, 1.807) is 12.3 Å². The molecule has 0 aromatic carbocycles. The molecule has 0 atom stereocenters. The first-order valence-electron chi connectivity index (χ1n) is 4.56. The Morgan fingerprint density at radius 3 is 2.93 bits per heavy atom. The molecule has 2 rings (SSSR count). The van der Waals surface area contributed by atoms with Crippen LogP contribution in [0.3, 0.4) is 0 Å². The fourth-order valence-electron chi connectivity index (χ4n) is 1.15. The minimum absolute atomic E-state index is 0.106. The van der Waals surface area contributed by atoms with Gasteiger partial charge in [0.25, 0.3) is 0 Å². The van der Waals surface area contributed by atoms with Gasteiger partial charge in [-0.1, -0.05) is 0 Å². The second-order valence-corrected chi connectivity index (χ2v) is 4.12. The predicted molar refractivity (Wildman–Crippen MR) is 56.3 cm³/mol. The molecule has 0 spiro atoms. The Bertz CT molecular complexity index is 393. The second kappa shape index (κ2) is 4.06. The Morgan fingerprint density at radius 1 is 1.67 bits per heavy atom. The maximum atomic E-state index is 10.6. The molecule has 0 aliphatic heterocycles. The molecule has 5 nitrogen and oxygen atoms in total. The largest absolute Gasteiger partial charge is 0.486 e. The lowest BCUT2D eigenvalue weighted by Crippen LogP contribution is -1.99. The van der Waals surface area contributed by atoms with Gasteiger partial charge in [0.2, 0.25) is 0 Å². The molecular formula is C9H10N2O3S. The Kier molecular flexibility index (Phi) is 2.77. The maximum absolute atomic E-state index is 10.6. The zero-order chi connectivity index (χ0) is 10.8. The van der Waals surface area contributed by atoms with E-state index >= 15 is 0 Å². The molecule has 0 amide bonds. The van der Waals surface area contributed by atoms with Crippen molar-refractivity contribution in [2.24, 2.45) is 0 Å². The Labute approximate surface area is 91.0 Å². The van der Waals surface area contributed by atoms with Crippen molar-refractivity contribution in [1.29, 1.82) is 0 Å². The number of hydrogen-bond donors (Lipinski definition) is 0. The van der Waals surface area contributed by atoms with Crippen LogP contribution in [0.5, 0.6) is 5.75 Å². The van der Waals surface area contributed by atoms with Gasteiger partial charge in [0, 0.05) is 6.07 Å². The highest BCUT2D eigenvalue weighted by atomic mass is 32.2. The number of thioether (sulfide) groups is 1. The summed E-state index contributed by atoms with van der Waals surface area (Å²) in [6.45, 7) is 0. The number of nitro groups is 1. The summed E-state index contributed by atoms with van der Waals surface area (Å²) < 4.78 is 5.50. The van der Waals surface area contributed by atoms with Crippen LogP contribution in [0.2, 0.25) is 0 Å². The van der Waals surface area contributed by atoms with Crippen LogP contribution in [-0.2, 0) is 0 Å². The summed E-state index contributed by atoms with van der Waals surface area (Å²) in [6.07, 6.45) is 5.60. The lowest BCUT2D eigenvalue weighted by Gasteiger charge is -2.04. The van der Waals surface area contributed by atoms with Crippen molar-refractivity contribution in [3.63, 3.8) is 0 Å². The number of nitrogens with zero attached hydrogens (tertiary/aromatic N) is 2. The Hall–Kier alpha value is -1.30. The fourth-order valence-corrected chi connectivity index (χ4v) is 1.69. The monoisotopic (exact) mass is 226 g/mol. The van der Waals surface area contributed by atoms with E-state index in [-0.39, 0.29) is 11.9 Å². The molecule has 6 heteroatoms. The highest BCUT2D eigenvalue weighted by Crippen LogP contribution is 2.32. The normalized spacial score (nSPS) is 15.0. The summed E-state index contributed by atoms with van der Waals surface area (Å²) in [5.41, 5.74) is 0. The van der Waals surface area contributed by atoms with E-state index in [2.05, 4.69) is 4.98 Å². The third-order valence-electron chi connectivity index (χ3n) is 2.03. The number of hydrogen-bond acceptors (Lipinski definition) is 5. The molecule has 0 unspecified atom stereocenters. The van der Waals surface area contributed by atoms with E-state index in [9.17, 15) is 10.1 Å². The third-order valence-corrected chi connectivity index (χ3v) is 2.77.